The quantitative estimate of drug-likeness (QED) is 0.744. The van der Waals surface area contributed by atoms with Crippen LogP contribution in [0.5, 0.6) is 5.75 Å². The summed E-state index contributed by atoms with van der Waals surface area (Å²) in [6, 6.07) is 3.98. The van der Waals surface area contributed by atoms with E-state index in [0.29, 0.717) is 11.6 Å². The van der Waals surface area contributed by atoms with Gasteiger partial charge in [-0.2, -0.15) is 0 Å². The first-order valence-corrected chi connectivity index (χ1v) is 5.36. The Morgan fingerprint density at radius 1 is 1.41 bits per heavy atom. The molecule has 0 radical (unpaired) electrons. The lowest BCUT2D eigenvalue weighted by Crippen LogP contribution is -2.14. The average molecular weight is 235 g/mol. The van der Waals surface area contributed by atoms with Crippen LogP contribution in [-0.4, -0.2) is 22.1 Å². The zero-order valence-corrected chi connectivity index (χ0v) is 9.30. The zero-order chi connectivity index (χ0) is 12.6. The highest BCUT2D eigenvalue weighted by Crippen LogP contribution is 2.38. The Kier molecular flexibility index (Phi) is 2.75. The van der Waals surface area contributed by atoms with Gasteiger partial charge in [-0.25, -0.2) is 4.79 Å². The molecule has 1 amide bonds. The van der Waals surface area contributed by atoms with Gasteiger partial charge in [0.15, 0.2) is 0 Å². The molecule has 17 heavy (non-hydrogen) atoms. The Morgan fingerprint density at radius 2 is 2.06 bits per heavy atom. The number of rotatable bonds is 3. The van der Waals surface area contributed by atoms with Crippen molar-refractivity contribution in [1.82, 2.24) is 0 Å². The molecule has 0 aromatic heterocycles. The van der Waals surface area contributed by atoms with Crippen molar-refractivity contribution < 1.29 is 19.8 Å². The van der Waals surface area contributed by atoms with E-state index in [1.165, 1.54) is 18.2 Å². The third-order valence-electron chi connectivity index (χ3n) is 2.94. The summed E-state index contributed by atoms with van der Waals surface area (Å²) >= 11 is 0. The SMILES string of the molecule is CC1CC1C(=O)Nc1ccc(C(=O)O)c(O)c1. The number of hydrogen-bond acceptors (Lipinski definition) is 3. The first-order valence-electron chi connectivity index (χ1n) is 5.36. The molecule has 5 heteroatoms. The number of carbonyl (C=O) groups is 2. The number of carboxylic acid groups (broad SMARTS) is 1. The van der Waals surface area contributed by atoms with Gasteiger partial charge < -0.3 is 15.5 Å². The minimum atomic E-state index is -1.20. The third-order valence-corrected chi connectivity index (χ3v) is 2.94. The van der Waals surface area contributed by atoms with Gasteiger partial charge in [-0.05, 0) is 24.5 Å². The number of aromatic hydroxyl groups is 1. The average Bonchev–Trinajstić information content (AvgIpc) is 2.95. The summed E-state index contributed by atoms with van der Waals surface area (Å²) in [6.45, 7) is 2.00. The van der Waals surface area contributed by atoms with Crippen molar-refractivity contribution in [3.63, 3.8) is 0 Å². The first kappa shape index (κ1) is 11.4. The van der Waals surface area contributed by atoms with Gasteiger partial charge >= 0.3 is 5.97 Å². The van der Waals surface area contributed by atoms with E-state index < -0.39 is 5.97 Å². The molecule has 0 heterocycles. The molecule has 1 aromatic carbocycles. The molecule has 1 saturated carbocycles. The van der Waals surface area contributed by atoms with Gasteiger partial charge in [-0.1, -0.05) is 6.92 Å². The minimum Gasteiger partial charge on any atom is -0.507 e. The van der Waals surface area contributed by atoms with Crippen LogP contribution in [0.25, 0.3) is 0 Å². The van der Waals surface area contributed by atoms with Gasteiger partial charge in [0.05, 0.1) is 0 Å². The Bertz CT molecular complexity index is 483. The zero-order valence-electron chi connectivity index (χ0n) is 9.30. The lowest BCUT2D eigenvalue weighted by atomic mass is 10.2. The monoisotopic (exact) mass is 235 g/mol. The lowest BCUT2D eigenvalue weighted by Gasteiger charge is -2.06. The van der Waals surface area contributed by atoms with Crippen LogP contribution in [0.15, 0.2) is 18.2 Å². The molecule has 2 rings (SSSR count). The molecule has 90 valence electrons. The van der Waals surface area contributed by atoms with Gasteiger partial charge in [-0.3, -0.25) is 4.79 Å². The fraction of sp³-hybridized carbons (Fsp3) is 0.333. The molecule has 5 nitrogen and oxygen atoms in total. The highest BCUT2D eigenvalue weighted by molar-refractivity contribution is 5.96. The molecule has 3 N–H and O–H groups in total. The number of nitrogens with one attached hydrogen (secondary N) is 1. The molecule has 1 aromatic rings. The maximum atomic E-state index is 11.6. The summed E-state index contributed by atoms with van der Waals surface area (Å²) in [6.07, 6.45) is 0.880. The summed E-state index contributed by atoms with van der Waals surface area (Å²) in [5, 5.41) is 20.8. The standard InChI is InChI=1S/C12H13NO4/c1-6-4-9(6)11(15)13-7-2-3-8(12(16)17)10(14)5-7/h2-3,5-6,9,14H,4H2,1H3,(H,13,15)(H,16,17). The maximum absolute atomic E-state index is 11.6. The lowest BCUT2D eigenvalue weighted by molar-refractivity contribution is -0.117. The molecule has 0 spiro atoms. The predicted molar refractivity (Wildman–Crippen MR) is 61.0 cm³/mol. The second-order valence-corrected chi connectivity index (χ2v) is 4.35. The third kappa shape index (κ3) is 2.38. The van der Waals surface area contributed by atoms with Gasteiger partial charge in [-0.15, -0.1) is 0 Å². The van der Waals surface area contributed by atoms with E-state index in [9.17, 15) is 14.7 Å². The van der Waals surface area contributed by atoms with E-state index in [1.54, 1.807) is 0 Å². The Hall–Kier alpha value is -2.04. The maximum Gasteiger partial charge on any atom is 0.339 e. The van der Waals surface area contributed by atoms with E-state index in [4.69, 9.17) is 5.11 Å². The molecular formula is C12H13NO4. The number of aromatic carboxylic acids is 1. The molecule has 0 aliphatic heterocycles. The van der Waals surface area contributed by atoms with E-state index in [2.05, 4.69) is 5.32 Å². The number of carboxylic acids is 1. The van der Waals surface area contributed by atoms with Crippen LogP contribution in [0.1, 0.15) is 23.7 Å². The molecule has 2 unspecified atom stereocenters. The minimum absolute atomic E-state index is 0.0382. The van der Waals surface area contributed by atoms with Crippen molar-refractivity contribution in [1.29, 1.82) is 0 Å². The van der Waals surface area contributed by atoms with E-state index >= 15 is 0 Å². The topological polar surface area (TPSA) is 86.6 Å². The van der Waals surface area contributed by atoms with E-state index in [-0.39, 0.29) is 23.1 Å². The molecule has 1 aliphatic rings. The summed E-state index contributed by atoms with van der Waals surface area (Å²) in [5.41, 5.74) is 0.236. The van der Waals surface area contributed by atoms with Crippen molar-refractivity contribution in [3.05, 3.63) is 23.8 Å². The van der Waals surface area contributed by atoms with Crippen LogP contribution in [0, 0.1) is 11.8 Å². The Labute approximate surface area is 98.1 Å². The van der Waals surface area contributed by atoms with Gasteiger partial charge in [0.2, 0.25) is 5.91 Å². The fourth-order valence-corrected chi connectivity index (χ4v) is 1.71. The Morgan fingerprint density at radius 3 is 2.53 bits per heavy atom. The van der Waals surface area contributed by atoms with Crippen molar-refractivity contribution in [2.24, 2.45) is 11.8 Å². The first-order chi connectivity index (χ1) is 7.99. The number of benzene rings is 1. The van der Waals surface area contributed by atoms with Gasteiger partial charge in [0.25, 0.3) is 0 Å². The summed E-state index contributed by atoms with van der Waals surface area (Å²) in [4.78, 5) is 22.3. The van der Waals surface area contributed by atoms with Gasteiger partial charge in [0, 0.05) is 17.7 Å². The largest absolute Gasteiger partial charge is 0.507 e. The number of carbonyl (C=O) groups excluding carboxylic acids is 1. The smallest absolute Gasteiger partial charge is 0.339 e. The number of anilines is 1. The highest BCUT2D eigenvalue weighted by atomic mass is 16.4. The number of hydrogen-bond donors (Lipinski definition) is 3. The second-order valence-electron chi connectivity index (χ2n) is 4.35. The fourth-order valence-electron chi connectivity index (χ4n) is 1.71. The van der Waals surface area contributed by atoms with Gasteiger partial charge in [0.1, 0.15) is 11.3 Å². The van der Waals surface area contributed by atoms with Crippen LogP contribution in [0.2, 0.25) is 0 Å². The van der Waals surface area contributed by atoms with E-state index in [1.807, 2.05) is 6.92 Å². The summed E-state index contributed by atoms with van der Waals surface area (Å²) < 4.78 is 0. The van der Waals surface area contributed by atoms with Crippen LogP contribution < -0.4 is 5.32 Å². The highest BCUT2D eigenvalue weighted by Gasteiger charge is 2.39. The van der Waals surface area contributed by atoms with Crippen LogP contribution >= 0.6 is 0 Å². The predicted octanol–water partition coefficient (Wildman–Crippen LogP) is 1.68. The summed E-state index contributed by atoms with van der Waals surface area (Å²) in [5.74, 6) is -1.19. The van der Waals surface area contributed by atoms with Crippen LogP contribution in [-0.2, 0) is 4.79 Å². The summed E-state index contributed by atoms with van der Waals surface area (Å²) in [7, 11) is 0. The molecular weight excluding hydrogens is 222 g/mol. The number of amides is 1. The van der Waals surface area contributed by atoms with Crippen LogP contribution in [0.3, 0.4) is 0 Å². The number of phenols is 1. The van der Waals surface area contributed by atoms with Crippen molar-refractivity contribution in [2.75, 3.05) is 5.32 Å². The van der Waals surface area contributed by atoms with Crippen molar-refractivity contribution in [3.8, 4) is 5.75 Å². The molecule has 1 fully saturated rings. The molecule has 2 atom stereocenters. The Balaban J connectivity index is 2.10. The van der Waals surface area contributed by atoms with Crippen molar-refractivity contribution in [2.45, 2.75) is 13.3 Å². The molecule has 1 aliphatic carbocycles. The second kappa shape index (κ2) is 4.08. The van der Waals surface area contributed by atoms with Crippen molar-refractivity contribution >= 4 is 17.6 Å². The van der Waals surface area contributed by atoms with E-state index in [0.717, 1.165) is 6.42 Å². The molecule has 0 saturated heterocycles. The normalized spacial score (nSPS) is 21.9. The molecule has 0 bridgehead atoms. The van der Waals surface area contributed by atoms with Crippen LogP contribution in [0.4, 0.5) is 5.69 Å².